The van der Waals surface area contributed by atoms with Crippen LogP contribution < -0.4 is 0 Å². The highest BCUT2D eigenvalue weighted by Gasteiger charge is 2.65. The van der Waals surface area contributed by atoms with Gasteiger partial charge in [0.25, 0.3) is 6.10 Å². The fourth-order valence-corrected chi connectivity index (χ4v) is 1.31. The van der Waals surface area contributed by atoms with E-state index in [-0.39, 0.29) is 6.42 Å². The molecule has 0 aromatic rings. The van der Waals surface area contributed by atoms with Gasteiger partial charge in [-0.25, -0.2) is 0 Å². The zero-order chi connectivity index (χ0) is 14.8. The summed E-state index contributed by atoms with van der Waals surface area (Å²) in [5, 5.41) is -5.67. The van der Waals surface area contributed by atoms with Gasteiger partial charge >= 0.3 is 27.5 Å². The van der Waals surface area contributed by atoms with Gasteiger partial charge in [-0.2, -0.15) is 30.4 Å². The monoisotopic (exact) mass is 300 g/mol. The molecule has 11 heteroatoms. The quantitative estimate of drug-likeness (QED) is 0.475. The Balaban J connectivity index is 5.34. The van der Waals surface area contributed by atoms with E-state index in [0.29, 0.717) is 0 Å². The number of ether oxygens (including phenoxy) is 1. The first-order valence-electron chi connectivity index (χ1n) is 4.45. The highest BCUT2D eigenvalue weighted by Crippen LogP contribution is 2.38. The molecule has 0 rings (SSSR count). The first-order chi connectivity index (χ1) is 7.84. The van der Waals surface area contributed by atoms with Crippen LogP contribution in [0, 0.1) is 0 Å². The smallest absolute Gasteiger partial charge is 0.432 e. The van der Waals surface area contributed by atoms with Crippen LogP contribution in [-0.4, -0.2) is 36.5 Å². The summed E-state index contributed by atoms with van der Waals surface area (Å²) in [4.78, 5) is 10.7. The molecule has 0 spiro atoms. The maximum atomic E-state index is 12.9. The molecule has 18 heavy (non-hydrogen) atoms. The fraction of sp³-hybridized carbons (Fsp3) is 0.857. The van der Waals surface area contributed by atoms with Crippen molar-refractivity contribution in [3.63, 3.8) is 0 Å². The van der Waals surface area contributed by atoms with Crippen molar-refractivity contribution in [3.8, 4) is 0 Å². The van der Waals surface area contributed by atoms with E-state index in [4.69, 9.17) is 4.55 Å². The van der Waals surface area contributed by atoms with Gasteiger partial charge in [0.15, 0.2) is 0 Å². The number of carbonyl (C=O) groups is 1. The van der Waals surface area contributed by atoms with Crippen molar-refractivity contribution in [1.82, 2.24) is 0 Å². The molecule has 0 bridgehead atoms. The minimum Gasteiger partial charge on any atom is -0.445 e. The van der Waals surface area contributed by atoms with E-state index < -0.39 is 40.0 Å². The molecule has 0 aliphatic heterocycles. The van der Waals surface area contributed by atoms with E-state index in [9.17, 15) is 35.2 Å². The molecule has 108 valence electrons. The molecule has 0 aliphatic rings. The Hall–Kier alpha value is -0.970. The van der Waals surface area contributed by atoms with Crippen molar-refractivity contribution in [1.29, 1.82) is 0 Å². The lowest BCUT2D eigenvalue weighted by Gasteiger charge is -2.25. The number of hydrogen-bond acceptors (Lipinski definition) is 4. The van der Waals surface area contributed by atoms with Crippen molar-refractivity contribution in [3.05, 3.63) is 0 Å². The number of hydrogen-bond donors (Lipinski definition) is 1. The van der Waals surface area contributed by atoms with Gasteiger partial charge in [-0.1, -0.05) is 6.92 Å². The topological polar surface area (TPSA) is 80.7 Å². The van der Waals surface area contributed by atoms with Crippen molar-refractivity contribution in [2.45, 2.75) is 37.3 Å². The second kappa shape index (κ2) is 5.34. The summed E-state index contributed by atoms with van der Waals surface area (Å²) in [5.41, 5.74) is 0. The second-order valence-corrected chi connectivity index (χ2v) is 4.69. The van der Waals surface area contributed by atoms with Gasteiger partial charge in [0.2, 0.25) is 0 Å². The largest absolute Gasteiger partial charge is 0.445 e. The summed E-state index contributed by atoms with van der Waals surface area (Å²) >= 11 is 0. The molecular weight excluding hydrogens is 291 g/mol. The molecule has 0 fully saturated rings. The van der Waals surface area contributed by atoms with Crippen LogP contribution in [0.4, 0.5) is 22.0 Å². The molecule has 0 saturated heterocycles. The molecule has 0 aliphatic carbocycles. The van der Waals surface area contributed by atoms with Gasteiger partial charge in [0, 0.05) is 6.42 Å². The average molecular weight is 300 g/mol. The Morgan fingerprint density at radius 1 is 1.28 bits per heavy atom. The van der Waals surface area contributed by atoms with Crippen LogP contribution in [0.3, 0.4) is 0 Å². The molecule has 5 nitrogen and oxygen atoms in total. The maximum Gasteiger partial charge on any atom is 0.432 e. The van der Waals surface area contributed by atoms with Crippen LogP contribution in [0.15, 0.2) is 0 Å². The molecule has 0 radical (unpaired) electrons. The van der Waals surface area contributed by atoms with E-state index in [2.05, 4.69) is 4.74 Å². The lowest BCUT2D eigenvalue weighted by molar-refractivity contribution is -0.259. The Morgan fingerprint density at radius 2 is 1.72 bits per heavy atom. The Morgan fingerprint density at radius 3 is 2.00 bits per heavy atom. The normalized spacial score (nSPS) is 15.3. The summed E-state index contributed by atoms with van der Waals surface area (Å²) in [7, 11) is -6.38. The third-order valence-corrected chi connectivity index (χ3v) is 2.55. The first-order valence-corrected chi connectivity index (χ1v) is 5.89. The van der Waals surface area contributed by atoms with Crippen LogP contribution in [0.2, 0.25) is 0 Å². The third kappa shape index (κ3) is 4.05. The SMILES string of the molecule is CCCC(=O)OC(C(F)(F)F)C(F)(F)S(=O)(=O)O. The maximum absolute atomic E-state index is 12.9. The fourth-order valence-electron chi connectivity index (χ4n) is 0.856. The predicted molar refractivity (Wildman–Crippen MR) is 47.3 cm³/mol. The molecule has 0 heterocycles. The minimum absolute atomic E-state index is 0.0147. The molecule has 1 unspecified atom stereocenters. The third-order valence-electron chi connectivity index (χ3n) is 1.65. The van der Waals surface area contributed by atoms with E-state index in [1.165, 1.54) is 6.92 Å². The average Bonchev–Trinajstić information content (AvgIpc) is 2.10. The Kier molecular flexibility index (Phi) is 5.06. The number of alkyl halides is 5. The van der Waals surface area contributed by atoms with Gasteiger partial charge in [0.05, 0.1) is 0 Å². The summed E-state index contributed by atoms with van der Waals surface area (Å²) in [6.45, 7) is 1.37. The van der Waals surface area contributed by atoms with Gasteiger partial charge in [-0.05, 0) is 6.42 Å². The number of rotatable bonds is 5. The molecule has 0 aromatic carbocycles. The summed E-state index contributed by atoms with van der Waals surface area (Å²) in [6, 6.07) is 0. The number of carbonyl (C=O) groups excluding carboxylic acids is 1. The zero-order valence-corrected chi connectivity index (χ0v) is 9.69. The second-order valence-electron chi connectivity index (χ2n) is 3.20. The first kappa shape index (κ1) is 17.0. The molecule has 0 aromatic heterocycles. The van der Waals surface area contributed by atoms with Crippen molar-refractivity contribution in [2.24, 2.45) is 0 Å². The number of halogens is 5. The van der Waals surface area contributed by atoms with Crippen LogP contribution in [0.25, 0.3) is 0 Å². The summed E-state index contributed by atoms with van der Waals surface area (Å²) in [6.07, 6.45) is -10.7. The molecule has 0 amide bonds. The highest BCUT2D eigenvalue weighted by atomic mass is 32.2. The van der Waals surface area contributed by atoms with Crippen LogP contribution in [0.1, 0.15) is 19.8 Å². The Labute approximate surface area is 98.7 Å². The lowest BCUT2D eigenvalue weighted by Crippen LogP contribution is -2.52. The molecule has 0 saturated carbocycles. The van der Waals surface area contributed by atoms with Crippen molar-refractivity contribution in [2.75, 3.05) is 0 Å². The number of esters is 1. The van der Waals surface area contributed by atoms with Crippen LogP contribution in [0.5, 0.6) is 0 Å². The minimum atomic E-state index is -6.38. The Bertz CT molecular complexity index is 401. The zero-order valence-electron chi connectivity index (χ0n) is 8.87. The van der Waals surface area contributed by atoms with Gasteiger partial charge in [-0.3, -0.25) is 9.35 Å². The molecular formula is C7H9F5O5S. The van der Waals surface area contributed by atoms with Gasteiger partial charge in [-0.15, -0.1) is 0 Å². The summed E-state index contributed by atoms with van der Waals surface area (Å²) in [5.74, 6) is -1.65. The van der Waals surface area contributed by atoms with Gasteiger partial charge < -0.3 is 4.74 Å². The van der Waals surface area contributed by atoms with Crippen LogP contribution >= 0.6 is 0 Å². The van der Waals surface area contributed by atoms with Crippen molar-refractivity contribution < 1.29 is 44.5 Å². The lowest BCUT2D eigenvalue weighted by atomic mass is 10.3. The standard InChI is InChI=1S/C7H9F5O5S/c1-2-3-4(13)17-5(6(8,9)10)7(11,12)18(14,15)16/h5H,2-3H2,1H3,(H,14,15,16). The van der Waals surface area contributed by atoms with E-state index in [1.54, 1.807) is 0 Å². The molecule has 1 N–H and O–H groups in total. The molecule has 1 atom stereocenters. The van der Waals surface area contributed by atoms with Crippen molar-refractivity contribution >= 4 is 16.1 Å². The summed E-state index contributed by atoms with van der Waals surface area (Å²) < 4.78 is 94.2. The van der Waals surface area contributed by atoms with Crippen LogP contribution in [-0.2, 0) is 19.6 Å². The van der Waals surface area contributed by atoms with Gasteiger partial charge in [0.1, 0.15) is 0 Å². The van der Waals surface area contributed by atoms with E-state index in [0.717, 1.165) is 0 Å². The van der Waals surface area contributed by atoms with E-state index in [1.807, 2.05) is 0 Å². The predicted octanol–water partition coefficient (Wildman–Crippen LogP) is 1.74. The highest BCUT2D eigenvalue weighted by molar-refractivity contribution is 7.86. The van der Waals surface area contributed by atoms with E-state index >= 15 is 0 Å².